The first kappa shape index (κ1) is 16.3. The number of carboxylic acids is 1. The Bertz CT molecular complexity index is 486. The van der Waals surface area contributed by atoms with Crippen LogP contribution in [0.1, 0.15) is 37.7 Å². The standard InChI is InChI=1S/C17H24N2O3/c20-16(21)10-5-11-18-17(22)19(13-15-8-4-9-15)12-14-6-2-1-3-7-14/h1-3,6-7,15H,4-5,8-13H2,(H,18,22)(H,20,21). The number of hydrogen-bond donors (Lipinski definition) is 2. The monoisotopic (exact) mass is 304 g/mol. The van der Waals surface area contributed by atoms with Crippen LogP contribution in [0, 0.1) is 5.92 Å². The number of hydrogen-bond acceptors (Lipinski definition) is 2. The Morgan fingerprint density at radius 3 is 2.55 bits per heavy atom. The first-order valence-electron chi connectivity index (χ1n) is 7.93. The molecule has 1 saturated carbocycles. The maximum atomic E-state index is 12.3. The van der Waals surface area contributed by atoms with Gasteiger partial charge in [0.2, 0.25) is 0 Å². The van der Waals surface area contributed by atoms with E-state index in [4.69, 9.17) is 5.11 Å². The predicted octanol–water partition coefficient (Wildman–Crippen LogP) is 2.86. The molecule has 0 bridgehead atoms. The van der Waals surface area contributed by atoms with Gasteiger partial charge in [-0.15, -0.1) is 0 Å². The van der Waals surface area contributed by atoms with Gasteiger partial charge in [0, 0.05) is 26.1 Å². The van der Waals surface area contributed by atoms with Gasteiger partial charge in [-0.25, -0.2) is 4.79 Å². The highest BCUT2D eigenvalue weighted by molar-refractivity contribution is 5.74. The van der Waals surface area contributed by atoms with E-state index < -0.39 is 5.97 Å². The average Bonchev–Trinajstić information content (AvgIpc) is 2.46. The molecule has 0 saturated heterocycles. The van der Waals surface area contributed by atoms with Crippen molar-refractivity contribution in [2.75, 3.05) is 13.1 Å². The normalized spacial score (nSPS) is 14.2. The number of nitrogens with one attached hydrogen (secondary N) is 1. The van der Waals surface area contributed by atoms with Crippen LogP contribution in [0.5, 0.6) is 0 Å². The topological polar surface area (TPSA) is 69.6 Å². The quantitative estimate of drug-likeness (QED) is 0.726. The molecule has 0 unspecified atom stereocenters. The third-order valence-electron chi connectivity index (χ3n) is 4.05. The molecule has 5 heteroatoms. The molecule has 1 aromatic rings. The summed E-state index contributed by atoms with van der Waals surface area (Å²) in [5, 5.41) is 11.5. The number of carbonyl (C=O) groups excluding carboxylic acids is 1. The summed E-state index contributed by atoms with van der Waals surface area (Å²) >= 11 is 0. The van der Waals surface area contributed by atoms with Gasteiger partial charge < -0.3 is 15.3 Å². The lowest BCUT2D eigenvalue weighted by Crippen LogP contribution is -2.43. The summed E-state index contributed by atoms with van der Waals surface area (Å²) in [4.78, 5) is 24.7. The van der Waals surface area contributed by atoms with Crippen LogP contribution in [0.3, 0.4) is 0 Å². The molecule has 22 heavy (non-hydrogen) atoms. The third kappa shape index (κ3) is 5.39. The Balaban J connectivity index is 1.85. The minimum Gasteiger partial charge on any atom is -0.481 e. The second-order valence-electron chi connectivity index (χ2n) is 5.89. The summed E-state index contributed by atoms with van der Waals surface area (Å²) in [6.45, 7) is 1.78. The van der Waals surface area contributed by atoms with Crippen molar-refractivity contribution in [2.24, 2.45) is 5.92 Å². The number of benzene rings is 1. The molecule has 2 N–H and O–H groups in total. The lowest BCUT2D eigenvalue weighted by atomic mass is 9.85. The van der Waals surface area contributed by atoms with Gasteiger partial charge in [-0.2, -0.15) is 0 Å². The van der Waals surface area contributed by atoms with Crippen LogP contribution in [0.25, 0.3) is 0 Å². The molecule has 0 spiro atoms. The number of carboxylic acid groups (broad SMARTS) is 1. The Morgan fingerprint density at radius 2 is 1.95 bits per heavy atom. The maximum absolute atomic E-state index is 12.3. The molecule has 2 rings (SSSR count). The van der Waals surface area contributed by atoms with E-state index in [-0.39, 0.29) is 12.5 Å². The molecular formula is C17H24N2O3. The van der Waals surface area contributed by atoms with Crippen LogP contribution in [0.4, 0.5) is 4.79 Å². The van der Waals surface area contributed by atoms with E-state index in [1.807, 2.05) is 35.2 Å². The van der Waals surface area contributed by atoms with E-state index in [1.54, 1.807) is 0 Å². The van der Waals surface area contributed by atoms with E-state index in [0.717, 1.165) is 12.1 Å². The first-order chi connectivity index (χ1) is 10.6. The van der Waals surface area contributed by atoms with E-state index in [0.29, 0.717) is 25.4 Å². The van der Waals surface area contributed by atoms with Crippen molar-refractivity contribution in [3.63, 3.8) is 0 Å². The SMILES string of the molecule is O=C(O)CCCNC(=O)N(Cc1ccccc1)CC1CCC1. The van der Waals surface area contributed by atoms with Gasteiger partial charge in [-0.3, -0.25) is 4.79 Å². The molecule has 0 aromatic heterocycles. The van der Waals surface area contributed by atoms with Crippen molar-refractivity contribution in [3.05, 3.63) is 35.9 Å². The fraction of sp³-hybridized carbons (Fsp3) is 0.529. The van der Waals surface area contributed by atoms with Crippen LogP contribution in [0.15, 0.2) is 30.3 Å². The van der Waals surface area contributed by atoms with Crippen molar-refractivity contribution in [2.45, 2.75) is 38.6 Å². The number of urea groups is 1. The van der Waals surface area contributed by atoms with Gasteiger partial charge in [0.15, 0.2) is 0 Å². The summed E-state index contributed by atoms with van der Waals surface area (Å²) in [5.41, 5.74) is 1.11. The smallest absolute Gasteiger partial charge is 0.317 e. The number of rotatable bonds is 8. The molecule has 120 valence electrons. The van der Waals surface area contributed by atoms with E-state index in [2.05, 4.69) is 5.32 Å². The van der Waals surface area contributed by atoms with Crippen molar-refractivity contribution in [1.82, 2.24) is 10.2 Å². The van der Waals surface area contributed by atoms with Crippen LogP contribution in [0.2, 0.25) is 0 Å². The summed E-state index contributed by atoms with van der Waals surface area (Å²) < 4.78 is 0. The number of nitrogens with zero attached hydrogens (tertiary/aromatic N) is 1. The highest BCUT2D eigenvalue weighted by atomic mass is 16.4. The van der Waals surface area contributed by atoms with Crippen LogP contribution in [-0.4, -0.2) is 35.1 Å². The predicted molar refractivity (Wildman–Crippen MR) is 84.5 cm³/mol. The van der Waals surface area contributed by atoms with Crippen LogP contribution in [-0.2, 0) is 11.3 Å². The van der Waals surface area contributed by atoms with E-state index >= 15 is 0 Å². The van der Waals surface area contributed by atoms with Gasteiger partial charge in [0.05, 0.1) is 0 Å². The summed E-state index contributed by atoms with van der Waals surface area (Å²) in [5.74, 6) is -0.224. The summed E-state index contributed by atoms with van der Waals surface area (Å²) in [6.07, 6.45) is 4.19. The van der Waals surface area contributed by atoms with Gasteiger partial charge in [0.25, 0.3) is 0 Å². The first-order valence-corrected chi connectivity index (χ1v) is 7.93. The number of carbonyl (C=O) groups is 2. The molecule has 1 aliphatic rings. The Morgan fingerprint density at radius 1 is 1.23 bits per heavy atom. The summed E-state index contributed by atoms with van der Waals surface area (Å²) in [6, 6.07) is 9.85. The second kappa shape index (κ2) is 8.41. The second-order valence-corrected chi connectivity index (χ2v) is 5.89. The van der Waals surface area contributed by atoms with Crippen molar-refractivity contribution < 1.29 is 14.7 Å². The molecule has 0 radical (unpaired) electrons. The van der Waals surface area contributed by atoms with Crippen LogP contribution < -0.4 is 5.32 Å². The fourth-order valence-electron chi connectivity index (χ4n) is 2.56. The molecule has 2 amide bonds. The minimum atomic E-state index is -0.829. The zero-order valence-corrected chi connectivity index (χ0v) is 12.8. The number of aliphatic carboxylic acids is 1. The Kier molecular flexibility index (Phi) is 6.25. The molecular weight excluding hydrogens is 280 g/mol. The maximum Gasteiger partial charge on any atom is 0.317 e. The molecule has 0 heterocycles. The minimum absolute atomic E-state index is 0.0849. The van der Waals surface area contributed by atoms with Gasteiger partial charge in [-0.05, 0) is 30.7 Å². The molecule has 0 aliphatic heterocycles. The lowest BCUT2D eigenvalue weighted by Gasteiger charge is -2.32. The van der Waals surface area contributed by atoms with Gasteiger partial charge in [-0.1, -0.05) is 36.8 Å². The number of amides is 2. The third-order valence-corrected chi connectivity index (χ3v) is 4.05. The molecule has 0 atom stereocenters. The van der Waals surface area contributed by atoms with Crippen LogP contribution >= 0.6 is 0 Å². The molecule has 5 nitrogen and oxygen atoms in total. The lowest BCUT2D eigenvalue weighted by molar-refractivity contribution is -0.137. The van der Waals surface area contributed by atoms with Crippen molar-refractivity contribution in [3.8, 4) is 0 Å². The Hall–Kier alpha value is -2.04. The highest BCUT2D eigenvalue weighted by Gasteiger charge is 2.23. The highest BCUT2D eigenvalue weighted by Crippen LogP contribution is 2.27. The average molecular weight is 304 g/mol. The Labute approximate surface area is 131 Å². The molecule has 1 aliphatic carbocycles. The zero-order valence-electron chi connectivity index (χ0n) is 12.8. The fourth-order valence-corrected chi connectivity index (χ4v) is 2.56. The van der Waals surface area contributed by atoms with Crippen molar-refractivity contribution in [1.29, 1.82) is 0 Å². The van der Waals surface area contributed by atoms with Crippen molar-refractivity contribution >= 4 is 12.0 Å². The molecule has 1 fully saturated rings. The van der Waals surface area contributed by atoms with Gasteiger partial charge in [0.1, 0.15) is 0 Å². The zero-order chi connectivity index (χ0) is 15.8. The van der Waals surface area contributed by atoms with E-state index in [9.17, 15) is 9.59 Å². The van der Waals surface area contributed by atoms with Gasteiger partial charge >= 0.3 is 12.0 Å². The summed E-state index contributed by atoms with van der Waals surface area (Å²) in [7, 11) is 0. The largest absolute Gasteiger partial charge is 0.481 e. The molecule has 1 aromatic carbocycles. The van der Waals surface area contributed by atoms with E-state index in [1.165, 1.54) is 19.3 Å².